The number of aromatic nitrogens is 2. The molecule has 0 atom stereocenters. The molecule has 0 spiro atoms. The quantitative estimate of drug-likeness (QED) is 0.725. The van der Waals surface area contributed by atoms with Crippen LogP contribution in [0.15, 0.2) is 34.0 Å². The largest absolute Gasteiger partial charge is 0.481 e. The van der Waals surface area contributed by atoms with Gasteiger partial charge >= 0.3 is 5.97 Å². The van der Waals surface area contributed by atoms with Crippen LogP contribution in [0.4, 0.5) is 5.82 Å². The molecule has 0 aliphatic heterocycles. The first-order valence-electron chi connectivity index (χ1n) is 5.93. The highest BCUT2D eigenvalue weighted by Crippen LogP contribution is 2.23. The summed E-state index contributed by atoms with van der Waals surface area (Å²) in [5, 5.41) is 9.35. The Morgan fingerprint density at radius 3 is 2.62 bits per heavy atom. The Bertz CT molecular complexity index is 716. The lowest BCUT2D eigenvalue weighted by Gasteiger charge is -2.05. The summed E-state index contributed by atoms with van der Waals surface area (Å²) in [6.07, 6.45) is -0.446. The molecule has 0 amide bonds. The van der Waals surface area contributed by atoms with Crippen molar-refractivity contribution in [3.8, 4) is 0 Å². The molecule has 2 rings (SSSR count). The topological polar surface area (TPSA) is 109 Å². The van der Waals surface area contributed by atoms with Crippen molar-refractivity contribution in [3.05, 3.63) is 51.0 Å². The molecular formula is C13H12ClN3O3S. The number of rotatable bonds is 5. The number of nitrogen functional groups attached to an aromatic ring is 1. The summed E-state index contributed by atoms with van der Waals surface area (Å²) in [6, 6.07) is 7.25. The molecule has 0 unspecified atom stereocenters. The molecule has 1 aromatic carbocycles. The van der Waals surface area contributed by atoms with E-state index in [4.69, 9.17) is 22.4 Å². The van der Waals surface area contributed by atoms with Crippen LogP contribution < -0.4 is 11.3 Å². The van der Waals surface area contributed by atoms with Crippen LogP contribution in [0, 0.1) is 0 Å². The standard InChI is InChI=1S/C13H12ClN3O3S/c14-7-1-3-8(4-2-7)21-6-10-16-12(15)9(5-11(18)19)13(20)17-10/h1-4H,5-6H2,(H,18,19)(H3,15,16,17,20). The van der Waals surface area contributed by atoms with Gasteiger partial charge in [0.25, 0.3) is 5.56 Å². The number of halogens is 1. The van der Waals surface area contributed by atoms with Crippen molar-refractivity contribution < 1.29 is 9.90 Å². The SMILES string of the molecule is Nc1nc(CSc2ccc(Cl)cc2)[nH]c(=O)c1CC(=O)O. The second kappa shape index (κ2) is 6.64. The van der Waals surface area contributed by atoms with Crippen molar-refractivity contribution in [1.29, 1.82) is 0 Å². The molecule has 21 heavy (non-hydrogen) atoms. The fourth-order valence-corrected chi connectivity index (χ4v) is 2.53. The average molecular weight is 326 g/mol. The Labute approximate surface area is 129 Å². The molecule has 8 heteroatoms. The van der Waals surface area contributed by atoms with E-state index in [9.17, 15) is 9.59 Å². The van der Waals surface area contributed by atoms with Crippen molar-refractivity contribution in [1.82, 2.24) is 9.97 Å². The first-order valence-corrected chi connectivity index (χ1v) is 7.30. The number of aromatic amines is 1. The first-order chi connectivity index (χ1) is 9.95. The number of anilines is 1. The van der Waals surface area contributed by atoms with Crippen molar-refractivity contribution in [2.75, 3.05) is 5.73 Å². The van der Waals surface area contributed by atoms with E-state index in [0.29, 0.717) is 16.6 Å². The lowest BCUT2D eigenvalue weighted by atomic mass is 10.2. The highest BCUT2D eigenvalue weighted by molar-refractivity contribution is 7.98. The number of nitrogens with two attached hydrogens (primary N) is 1. The summed E-state index contributed by atoms with van der Waals surface area (Å²) in [4.78, 5) is 30.0. The smallest absolute Gasteiger partial charge is 0.308 e. The van der Waals surface area contributed by atoms with Crippen molar-refractivity contribution in [2.45, 2.75) is 17.1 Å². The highest BCUT2D eigenvalue weighted by Gasteiger charge is 2.12. The van der Waals surface area contributed by atoms with Gasteiger partial charge in [-0.15, -0.1) is 11.8 Å². The zero-order valence-electron chi connectivity index (χ0n) is 10.8. The Balaban J connectivity index is 2.12. The maximum atomic E-state index is 11.8. The van der Waals surface area contributed by atoms with Gasteiger partial charge in [-0.05, 0) is 24.3 Å². The fourth-order valence-electron chi connectivity index (χ4n) is 1.64. The first kappa shape index (κ1) is 15.4. The van der Waals surface area contributed by atoms with E-state index in [1.165, 1.54) is 11.8 Å². The maximum absolute atomic E-state index is 11.8. The molecule has 1 aromatic heterocycles. The Morgan fingerprint density at radius 1 is 1.38 bits per heavy atom. The van der Waals surface area contributed by atoms with E-state index < -0.39 is 17.9 Å². The van der Waals surface area contributed by atoms with Crippen molar-refractivity contribution in [3.63, 3.8) is 0 Å². The van der Waals surface area contributed by atoms with Crippen molar-refractivity contribution in [2.24, 2.45) is 0 Å². The minimum Gasteiger partial charge on any atom is -0.481 e. The minimum atomic E-state index is -1.13. The van der Waals surface area contributed by atoms with Crippen molar-refractivity contribution >= 4 is 35.1 Å². The number of thioether (sulfide) groups is 1. The van der Waals surface area contributed by atoms with Crippen LogP contribution in [-0.2, 0) is 17.0 Å². The number of aliphatic carboxylic acids is 1. The maximum Gasteiger partial charge on any atom is 0.308 e. The fraction of sp³-hybridized carbons (Fsp3) is 0.154. The predicted octanol–water partition coefficient (Wildman–Crippen LogP) is 1.92. The average Bonchev–Trinajstić information content (AvgIpc) is 2.42. The molecule has 2 aromatic rings. The summed E-state index contributed by atoms with van der Waals surface area (Å²) in [6.45, 7) is 0. The third-order valence-electron chi connectivity index (χ3n) is 2.61. The van der Waals surface area contributed by atoms with Gasteiger partial charge in [0, 0.05) is 9.92 Å². The molecule has 0 aliphatic carbocycles. The lowest BCUT2D eigenvalue weighted by molar-refractivity contribution is -0.136. The summed E-state index contributed by atoms with van der Waals surface area (Å²) in [5.74, 6) is -0.370. The Morgan fingerprint density at radius 2 is 2.05 bits per heavy atom. The summed E-state index contributed by atoms with van der Waals surface area (Å²) >= 11 is 7.25. The number of H-pyrrole nitrogens is 1. The number of carboxylic acids is 1. The Kier molecular flexibility index (Phi) is 4.87. The molecule has 6 nitrogen and oxygen atoms in total. The molecule has 0 fully saturated rings. The number of hydrogen-bond acceptors (Lipinski definition) is 5. The number of nitrogens with zero attached hydrogens (tertiary/aromatic N) is 1. The second-order valence-electron chi connectivity index (χ2n) is 4.19. The van der Waals surface area contributed by atoms with Gasteiger partial charge in [-0.25, -0.2) is 4.98 Å². The second-order valence-corrected chi connectivity index (χ2v) is 5.67. The molecule has 0 saturated carbocycles. The van der Waals surface area contributed by atoms with Crippen LogP contribution in [0.25, 0.3) is 0 Å². The normalized spacial score (nSPS) is 10.5. The third kappa shape index (κ3) is 4.24. The van der Waals surface area contributed by atoms with Crippen LogP contribution in [-0.4, -0.2) is 21.0 Å². The number of benzene rings is 1. The van der Waals surface area contributed by atoms with Gasteiger partial charge < -0.3 is 15.8 Å². The molecule has 0 saturated heterocycles. The van der Waals surface area contributed by atoms with Gasteiger partial charge in [-0.2, -0.15) is 0 Å². The van der Waals surface area contributed by atoms with Gasteiger partial charge in [-0.3, -0.25) is 9.59 Å². The lowest BCUT2D eigenvalue weighted by Crippen LogP contribution is -2.21. The van der Waals surface area contributed by atoms with E-state index >= 15 is 0 Å². The zero-order valence-corrected chi connectivity index (χ0v) is 12.4. The number of carbonyl (C=O) groups is 1. The summed E-state index contributed by atoms with van der Waals surface area (Å²) in [5.41, 5.74) is 5.10. The van der Waals surface area contributed by atoms with Gasteiger partial charge in [0.1, 0.15) is 11.6 Å². The number of carboxylic acid groups (broad SMARTS) is 1. The van der Waals surface area contributed by atoms with Gasteiger partial charge in [0.05, 0.1) is 17.7 Å². The molecule has 0 bridgehead atoms. The van der Waals surface area contributed by atoms with E-state index in [1.807, 2.05) is 12.1 Å². The Hall–Kier alpha value is -1.99. The van der Waals surface area contributed by atoms with E-state index in [0.717, 1.165) is 4.90 Å². The highest BCUT2D eigenvalue weighted by atomic mass is 35.5. The third-order valence-corrected chi connectivity index (χ3v) is 3.89. The number of nitrogens with one attached hydrogen (secondary N) is 1. The van der Waals surface area contributed by atoms with Crippen LogP contribution in [0.3, 0.4) is 0 Å². The van der Waals surface area contributed by atoms with Gasteiger partial charge in [-0.1, -0.05) is 11.6 Å². The monoisotopic (exact) mass is 325 g/mol. The zero-order chi connectivity index (χ0) is 15.4. The minimum absolute atomic E-state index is 0.0252. The summed E-state index contributed by atoms with van der Waals surface area (Å²) < 4.78 is 0. The van der Waals surface area contributed by atoms with Crippen LogP contribution >= 0.6 is 23.4 Å². The van der Waals surface area contributed by atoms with E-state index in [1.54, 1.807) is 12.1 Å². The number of hydrogen-bond donors (Lipinski definition) is 3. The molecule has 1 heterocycles. The molecule has 4 N–H and O–H groups in total. The van der Waals surface area contributed by atoms with Crippen LogP contribution in [0.2, 0.25) is 5.02 Å². The van der Waals surface area contributed by atoms with Crippen LogP contribution in [0.5, 0.6) is 0 Å². The predicted molar refractivity (Wildman–Crippen MR) is 81.6 cm³/mol. The van der Waals surface area contributed by atoms with Gasteiger partial charge in [0.15, 0.2) is 0 Å². The van der Waals surface area contributed by atoms with Crippen LogP contribution in [0.1, 0.15) is 11.4 Å². The summed E-state index contributed by atoms with van der Waals surface area (Å²) in [7, 11) is 0. The van der Waals surface area contributed by atoms with E-state index in [-0.39, 0.29) is 11.4 Å². The van der Waals surface area contributed by atoms with Gasteiger partial charge in [0.2, 0.25) is 0 Å². The molecule has 0 aliphatic rings. The molecular weight excluding hydrogens is 314 g/mol. The van der Waals surface area contributed by atoms with E-state index in [2.05, 4.69) is 9.97 Å². The molecule has 0 radical (unpaired) electrons. The molecule has 110 valence electrons.